The molecule has 0 spiro atoms. The fraction of sp³-hybridized carbons (Fsp3) is 0.167. The minimum atomic E-state index is -0.405. The summed E-state index contributed by atoms with van der Waals surface area (Å²) >= 11 is 0. The van der Waals surface area contributed by atoms with E-state index in [1.54, 1.807) is 55.8 Å². The van der Waals surface area contributed by atoms with Gasteiger partial charge in [-0.3, -0.25) is 9.59 Å². The van der Waals surface area contributed by atoms with Crippen molar-refractivity contribution in [1.29, 1.82) is 0 Å². The lowest BCUT2D eigenvalue weighted by molar-refractivity contribution is 0.0945. The van der Waals surface area contributed by atoms with Crippen LogP contribution < -0.4 is 15.6 Å². The minimum Gasteiger partial charge on any atom is -0.475 e. The van der Waals surface area contributed by atoms with Crippen LogP contribution in [0.3, 0.4) is 0 Å². The summed E-state index contributed by atoms with van der Waals surface area (Å²) in [6.07, 6.45) is 1.62. The number of ether oxygens (including phenoxy) is 2. The van der Waals surface area contributed by atoms with Crippen molar-refractivity contribution >= 4 is 16.7 Å². The van der Waals surface area contributed by atoms with Gasteiger partial charge in [-0.1, -0.05) is 42.5 Å². The third kappa shape index (κ3) is 4.50. The Kier molecular flexibility index (Phi) is 6.52. The monoisotopic (exact) mass is 430 g/mol. The molecule has 4 rings (SSSR count). The van der Waals surface area contributed by atoms with E-state index < -0.39 is 5.91 Å². The van der Waals surface area contributed by atoms with E-state index in [0.29, 0.717) is 35.6 Å². The van der Waals surface area contributed by atoms with Gasteiger partial charge >= 0.3 is 0 Å². The molecule has 0 aliphatic rings. The molecule has 2 aromatic heterocycles. The largest absolute Gasteiger partial charge is 0.475 e. The van der Waals surface area contributed by atoms with Crippen LogP contribution >= 0.6 is 0 Å². The summed E-state index contributed by atoms with van der Waals surface area (Å²) in [5.74, 6) is 0.0227. The van der Waals surface area contributed by atoms with E-state index in [0.717, 1.165) is 5.56 Å². The normalized spacial score (nSPS) is 10.8. The first-order chi connectivity index (χ1) is 15.7. The highest BCUT2D eigenvalue weighted by Crippen LogP contribution is 2.17. The van der Waals surface area contributed by atoms with Crippen LogP contribution in [0.25, 0.3) is 16.5 Å². The average molecular weight is 430 g/mol. The highest BCUT2D eigenvalue weighted by Gasteiger charge is 2.18. The zero-order valence-corrected chi connectivity index (χ0v) is 17.5. The van der Waals surface area contributed by atoms with Crippen LogP contribution in [0, 0.1) is 0 Å². The van der Waals surface area contributed by atoms with Gasteiger partial charge in [-0.15, -0.1) is 0 Å². The summed E-state index contributed by atoms with van der Waals surface area (Å²) in [5.41, 5.74) is 1.18. The van der Waals surface area contributed by atoms with Gasteiger partial charge in [0.05, 0.1) is 17.7 Å². The molecule has 8 nitrogen and oxygen atoms in total. The number of fused-ring (bicyclic) bond motifs is 1. The molecule has 0 saturated carbocycles. The van der Waals surface area contributed by atoms with Gasteiger partial charge in [-0.05, 0) is 24.3 Å². The number of pyridine rings is 1. The summed E-state index contributed by atoms with van der Waals surface area (Å²) in [5, 5.41) is 8.17. The van der Waals surface area contributed by atoms with Crippen molar-refractivity contribution in [1.82, 2.24) is 20.1 Å². The number of aromatic nitrogens is 3. The van der Waals surface area contributed by atoms with Crippen molar-refractivity contribution in [3.05, 3.63) is 94.5 Å². The SMILES string of the molecule is COCCOc1ncccc1CNC(=O)c1nn(-c2ccccc2)c(=O)c2ccccc12. The number of hydrogen-bond acceptors (Lipinski definition) is 6. The molecule has 4 aromatic rings. The van der Waals surface area contributed by atoms with E-state index >= 15 is 0 Å². The molecular weight excluding hydrogens is 408 g/mol. The molecule has 0 aliphatic carbocycles. The van der Waals surface area contributed by atoms with E-state index in [1.807, 2.05) is 24.3 Å². The van der Waals surface area contributed by atoms with Crippen molar-refractivity contribution in [3.63, 3.8) is 0 Å². The van der Waals surface area contributed by atoms with Gasteiger partial charge < -0.3 is 14.8 Å². The van der Waals surface area contributed by atoms with Gasteiger partial charge in [0.2, 0.25) is 5.88 Å². The Morgan fingerprint density at radius 1 is 0.969 bits per heavy atom. The van der Waals surface area contributed by atoms with E-state index in [2.05, 4.69) is 15.4 Å². The molecule has 0 fully saturated rings. The van der Waals surface area contributed by atoms with Gasteiger partial charge in [0.15, 0.2) is 5.69 Å². The predicted molar refractivity (Wildman–Crippen MR) is 120 cm³/mol. The van der Waals surface area contributed by atoms with E-state index in [9.17, 15) is 9.59 Å². The fourth-order valence-corrected chi connectivity index (χ4v) is 3.27. The molecule has 8 heteroatoms. The second-order valence-electron chi connectivity index (χ2n) is 6.94. The Labute approximate surface area is 184 Å². The van der Waals surface area contributed by atoms with E-state index in [4.69, 9.17) is 9.47 Å². The molecule has 0 bridgehead atoms. The Bertz CT molecular complexity index is 1290. The number of para-hydroxylation sites is 1. The minimum absolute atomic E-state index is 0.162. The summed E-state index contributed by atoms with van der Waals surface area (Å²) in [6, 6.07) is 19.6. The first-order valence-corrected chi connectivity index (χ1v) is 10.1. The highest BCUT2D eigenvalue weighted by atomic mass is 16.5. The number of carbonyl (C=O) groups excluding carboxylic acids is 1. The number of nitrogens with zero attached hydrogens (tertiary/aromatic N) is 3. The number of benzene rings is 2. The molecule has 0 saturated heterocycles. The van der Waals surface area contributed by atoms with Crippen LogP contribution in [-0.4, -0.2) is 41.0 Å². The van der Waals surface area contributed by atoms with E-state index in [1.165, 1.54) is 4.68 Å². The van der Waals surface area contributed by atoms with Crippen molar-refractivity contribution in [2.45, 2.75) is 6.54 Å². The number of methoxy groups -OCH3 is 1. The second kappa shape index (κ2) is 9.84. The van der Waals surface area contributed by atoms with Crippen molar-refractivity contribution in [2.24, 2.45) is 0 Å². The van der Waals surface area contributed by atoms with Gasteiger partial charge in [-0.2, -0.15) is 9.78 Å². The fourth-order valence-electron chi connectivity index (χ4n) is 3.27. The summed E-state index contributed by atoms with van der Waals surface area (Å²) in [4.78, 5) is 30.3. The van der Waals surface area contributed by atoms with Gasteiger partial charge in [0.1, 0.15) is 6.61 Å². The molecule has 162 valence electrons. The van der Waals surface area contributed by atoms with Crippen LogP contribution in [0.4, 0.5) is 0 Å². The molecular formula is C24H22N4O4. The number of amides is 1. The van der Waals surface area contributed by atoms with Crippen molar-refractivity contribution in [2.75, 3.05) is 20.3 Å². The van der Waals surface area contributed by atoms with E-state index in [-0.39, 0.29) is 17.8 Å². The lowest BCUT2D eigenvalue weighted by atomic mass is 10.1. The standard InChI is InChI=1S/C24H22N4O4/c1-31-14-15-32-23-17(8-7-13-25-23)16-26-22(29)21-19-11-5-6-12-20(19)24(30)28(27-21)18-9-3-2-4-10-18/h2-13H,14-16H2,1H3,(H,26,29). The van der Waals surface area contributed by atoms with Crippen molar-refractivity contribution < 1.29 is 14.3 Å². The quantitative estimate of drug-likeness (QED) is 0.432. The molecule has 0 unspecified atom stereocenters. The summed E-state index contributed by atoms with van der Waals surface area (Å²) in [6.45, 7) is 0.970. The number of nitrogens with one attached hydrogen (secondary N) is 1. The number of carbonyl (C=O) groups is 1. The van der Waals surface area contributed by atoms with Crippen LogP contribution in [0.2, 0.25) is 0 Å². The number of hydrogen-bond donors (Lipinski definition) is 1. The third-order valence-electron chi connectivity index (χ3n) is 4.84. The van der Waals surface area contributed by atoms with Crippen LogP contribution in [0.1, 0.15) is 16.1 Å². The van der Waals surface area contributed by atoms with Gasteiger partial charge in [0, 0.05) is 30.8 Å². The Morgan fingerprint density at radius 2 is 1.72 bits per heavy atom. The van der Waals surface area contributed by atoms with Crippen molar-refractivity contribution in [3.8, 4) is 11.6 Å². The zero-order chi connectivity index (χ0) is 22.3. The maximum absolute atomic E-state index is 13.1. The molecule has 0 atom stereocenters. The maximum atomic E-state index is 13.1. The molecule has 1 N–H and O–H groups in total. The Morgan fingerprint density at radius 3 is 2.50 bits per heavy atom. The summed E-state index contributed by atoms with van der Waals surface area (Å²) in [7, 11) is 1.59. The first kappa shape index (κ1) is 21.2. The molecule has 1 amide bonds. The Balaban J connectivity index is 1.65. The van der Waals surface area contributed by atoms with Crippen LogP contribution in [0.15, 0.2) is 77.7 Å². The molecule has 0 aliphatic heterocycles. The molecule has 0 radical (unpaired) electrons. The Hall–Kier alpha value is -4.04. The van der Waals surface area contributed by atoms with Gasteiger partial charge in [0.25, 0.3) is 11.5 Å². The zero-order valence-electron chi connectivity index (χ0n) is 17.5. The lowest BCUT2D eigenvalue weighted by Gasteiger charge is -2.13. The average Bonchev–Trinajstić information content (AvgIpc) is 2.84. The summed E-state index contributed by atoms with van der Waals surface area (Å²) < 4.78 is 11.9. The molecule has 2 heterocycles. The van der Waals surface area contributed by atoms with Crippen LogP contribution in [-0.2, 0) is 11.3 Å². The second-order valence-corrected chi connectivity index (χ2v) is 6.94. The molecule has 32 heavy (non-hydrogen) atoms. The third-order valence-corrected chi connectivity index (χ3v) is 4.84. The van der Waals surface area contributed by atoms with Gasteiger partial charge in [-0.25, -0.2) is 4.98 Å². The smallest absolute Gasteiger partial charge is 0.279 e. The molecule has 2 aromatic carbocycles. The maximum Gasteiger partial charge on any atom is 0.279 e. The topological polar surface area (TPSA) is 95.3 Å². The highest BCUT2D eigenvalue weighted by molar-refractivity contribution is 6.04. The lowest BCUT2D eigenvalue weighted by Crippen LogP contribution is -2.30. The number of rotatable bonds is 8. The van der Waals surface area contributed by atoms with Crippen LogP contribution in [0.5, 0.6) is 5.88 Å². The first-order valence-electron chi connectivity index (χ1n) is 10.1. The predicted octanol–water partition coefficient (Wildman–Crippen LogP) is 2.74.